The minimum absolute atomic E-state index is 0.182. The van der Waals surface area contributed by atoms with Gasteiger partial charge in [0.1, 0.15) is 12.6 Å². The summed E-state index contributed by atoms with van der Waals surface area (Å²) in [7, 11) is 1.62. The van der Waals surface area contributed by atoms with Crippen molar-refractivity contribution in [3.8, 4) is 0 Å². The molecule has 0 saturated heterocycles. The molecule has 0 spiro atoms. The van der Waals surface area contributed by atoms with E-state index in [-0.39, 0.29) is 23.5 Å². The third-order valence-corrected chi connectivity index (χ3v) is 6.01. The zero-order valence-corrected chi connectivity index (χ0v) is 13.5. The van der Waals surface area contributed by atoms with Crippen LogP contribution in [0.1, 0.15) is 47.0 Å². The molecule has 3 nitrogen and oxygen atoms in total. The van der Waals surface area contributed by atoms with E-state index >= 15 is 0 Å². The smallest absolute Gasteiger partial charge is 0.147 e. The lowest BCUT2D eigenvalue weighted by Crippen LogP contribution is -2.62. The van der Waals surface area contributed by atoms with Gasteiger partial charge in [-0.25, -0.2) is 0 Å². The average Bonchev–Trinajstić information content (AvgIpc) is 2.42. The standard InChI is InChI=1S/C17H28O3/c1-7-17(5,20-11-19-6)13-10-12-8-9-16(13,4)14(18)15(12,2)3/h7,12-13H,1,8-11H2,2-6H3/t12-,13-,16+,17?/m1/s1. The Kier molecular flexibility index (Phi) is 3.89. The molecule has 3 saturated carbocycles. The molecule has 3 aliphatic carbocycles. The van der Waals surface area contributed by atoms with E-state index in [1.54, 1.807) is 7.11 Å². The predicted octanol–water partition coefficient (Wildman–Crippen LogP) is 3.58. The normalized spacial score (nSPS) is 38.5. The molecule has 20 heavy (non-hydrogen) atoms. The molecule has 0 aromatic heterocycles. The number of hydrogen-bond donors (Lipinski definition) is 0. The molecular formula is C17H28O3. The maximum absolute atomic E-state index is 13.0. The van der Waals surface area contributed by atoms with Crippen LogP contribution in [-0.2, 0) is 14.3 Å². The predicted molar refractivity (Wildman–Crippen MR) is 79.3 cm³/mol. The summed E-state index contributed by atoms with van der Waals surface area (Å²) < 4.78 is 11.0. The summed E-state index contributed by atoms with van der Waals surface area (Å²) in [6.45, 7) is 12.5. The Hall–Kier alpha value is -0.670. The number of hydrogen-bond acceptors (Lipinski definition) is 3. The second-order valence-corrected chi connectivity index (χ2v) is 7.43. The van der Waals surface area contributed by atoms with E-state index in [4.69, 9.17) is 9.47 Å². The average molecular weight is 280 g/mol. The molecule has 0 N–H and O–H groups in total. The van der Waals surface area contributed by atoms with Crippen molar-refractivity contribution in [2.75, 3.05) is 13.9 Å². The number of fused-ring (bicyclic) bond motifs is 3. The molecule has 0 aliphatic heterocycles. The van der Waals surface area contributed by atoms with Gasteiger partial charge in [-0.2, -0.15) is 0 Å². The SMILES string of the molecule is C=CC(C)(OCOC)[C@@H]1C[C@H]2CC[C@]1(C)C(=O)C2(C)C. The van der Waals surface area contributed by atoms with E-state index < -0.39 is 5.60 Å². The summed E-state index contributed by atoms with van der Waals surface area (Å²) in [6, 6.07) is 0. The van der Waals surface area contributed by atoms with Crippen LogP contribution in [-0.4, -0.2) is 25.3 Å². The van der Waals surface area contributed by atoms with Gasteiger partial charge in [-0.1, -0.05) is 26.8 Å². The van der Waals surface area contributed by atoms with Gasteiger partial charge in [0.05, 0.1) is 5.60 Å². The first-order valence-corrected chi connectivity index (χ1v) is 7.54. The highest BCUT2D eigenvalue weighted by Crippen LogP contribution is 2.61. The zero-order chi connectivity index (χ0) is 15.2. The van der Waals surface area contributed by atoms with Crippen LogP contribution in [0.2, 0.25) is 0 Å². The Labute approximate surface area is 122 Å². The fourth-order valence-electron chi connectivity index (χ4n) is 4.51. The molecule has 0 radical (unpaired) electrons. The highest BCUT2D eigenvalue weighted by atomic mass is 16.7. The van der Waals surface area contributed by atoms with Crippen LogP contribution in [0.15, 0.2) is 12.7 Å². The fraction of sp³-hybridized carbons (Fsp3) is 0.824. The van der Waals surface area contributed by atoms with Gasteiger partial charge < -0.3 is 9.47 Å². The number of ether oxygens (including phenoxy) is 2. The van der Waals surface area contributed by atoms with Crippen molar-refractivity contribution in [3.05, 3.63) is 12.7 Å². The van der Waals surface area contributed by atoms with E-state index in [1.807, 2.05) is 13.0 Å². The lowest BCUT2D eigenvalue weighted by Gasteiger charge is -2.60. The van der Waals surface area contributed by atoms with Gasteiger partial charge in [-0.3, -0.25) is 4.79 Å². The summed E-state index contributed by atoms with van der Waals surface area (Å²) >= 11 is 0. The van der Waals surface area contributed by atoms with Gasteiger partial charge in [-0.05, 0) is 32.1 Å². The highest BCUT2D eigenvalue weighted by Gasteiger charge is 2.62. The summed E-state index contributed by atoms with van der Waals surface area (Å²) in [5.74, 6) is 1.03. The maximum atomic E-state index is 13.0. The first kappa shape index (κ1) is 15.7. The van der Waals surface area contributed by atoms with Crippen molar-refractivity contribution >= 4 is 5.78 Å². The largest absolute Gasteiger partial charge is 0.359 e. The topological polar surface area (TPSA) is 35.5 Å². The van der Waals surface area contributed by atoms with E-state index in [0.29, 0.717) is 11.7 Å². The maximum Gasteiger partial charge on any atom is 0.147 e. The van der Waals surface area contributed by atoms with Crippen LogP contribution in [0.4, 0.5) is 0 Å². The summed E-state index contributed by atoms with van der Waals surface area (Å²) in [6.07, 6.45) is 4.98. The molecule has 0 heterocycles. The van der Waals surface area contributed by atoms with Crippen molar-refractivity contribution in [2.45, 2.75) is 52.6 Å². The molecule has 114 valence electrons. The van der Waals surface area contributed by atoms with E-state index in [1.165, 1.54) is 0 Å². The summed E-state index contributed by atoms with van der Waals surface area (Å²) in [5.41, 5.74) is -1.02. The number of rotatable bonds is 5. The number of carbonyl (C=O) groups excluding carboxylic acids is 1. The molecular weight excluding hydrogens is 252 g/mol. The molecule has 0 aromatic rings. The van der Waals surface area contributed by atoms with Crippen molar-refractivity contribution in [3.63, 3.8) is 0 Å². The third-order valence-electron chi connectivity index (χ3n) is 6.01. The molecule has 0 aromatic carbocycles. The van der Waals surface area contributed by atoms with Gasteiger partial charge in [0, 0.05) is 23.9 Å². The third kappa shape index (κ3) is 2.06. The number of Topliss-reactive ketones (excluding diaryl/α,β-unsaturated/α-hetero) is 1. The Morgan fingerprint density at radius 3 is 2.65 bits per heavy atom. The lowest BCUT2D eigenvalue weighted by atomic mass is 9.44. The molecule has 2 bridgehead atoms. The molecule has 3 fully saturated rings. The van der Waals surface area contributed by atoms with Gasteiger partial charge >= 0.3 is 0 Å². The van der Waals surface area contributed by atoms with E-state index in [0.717, 1.165) is 19.3 Å². The molecule has 1 unspecified atom stereocenters. The quantitative estimate of drug-likeness (QED) is 0.570. The van der Waals surface area contributed by atoms with Gasteiger partial charge in [0.2, 0.25) is 0 Å². The van der Waals surface area contributed by atoms with Gasteiger partial charge in [0.25, 0.3) is 0 Å². The summed E-state index contributed by atoms with van der Waals surface area (Å²) in [4.78, 5) is 13.0. The van der Waals surface area contributed by atoms with Crippen LogP contribution >= 0.6 is 0 Å². The lowest BCUT2D eigenvalue weighted by molar-refractivity contribution is -0.193. The van der Waals surface area contributed by atoms with Crippen molar-refractivity contribution in [1.82, 2.24) is 0 Å². The monoisotopic (exact) mass is 280 g/mol. The first-order chi connectivity index (χ1) is 9.22. The van der Waals surface area contributed by atoms with Gasteiger partial charge in [-0.15, -0.1) is 6.58 Å². The van der Waals surface area contributed by atoms with Crippen LogP contribution in [0.25, 0.3) is 0 Å². The number of ketones is 1. The Morgan fingerprint density at radius 1 is 1.45 bits per heavy atom. The molecule has 4 atom stereocenters. The van der Waals surface area contributed by atoms with Crippen LogP contribution in [0.3, 0.4) is 0 Å². The fourth-order valence-corrected chi connectivity index (χ4v) is 4.51. The zero-order valence-electron chi connectivity index (χ0n) is 13.5. The Bertz CT molecular complexity index is 414. The van der Waals surface area contributed by atoms with Gasteiger partial charge in [0.15, 0.2) is 0 Å². The minimum atomic E-state index is -0.504. The molecule has 3 heteroatoms. The van der Waals surface area contributed by atoms with Crippen LogP contribution in [0, 0.1) is 22.7 Å². The molecule has 3 rings (SSSR count). The second-order valence-electron chi connectivity index (χ2n) is 7.43. The second kappa shape index (κ2) is 4.96. The van der Waals surface area contributed by atoms with E-state index in [9.17, 15) is 4.79 Å². The van der Waals surface area contributed by atoms with Crippen molar-refractivity contribution in [2.24, 2.45) is 22.7 Å². The Morgan fingerprint density at radius 2 is 2.10 bits per heavy atom. The summed E-state index contributed by atoms with van der Waals surface area (Å²) in [5, 5.41) is 0. The first-order valence-electron chi connectivity index (χ1n) is 7.54. The van der Waals surface area contributed by atoms with E-state index in [2.05, 4.69) is 27.4 Å². The van der Waals surface area contributed by atoms with Crippen LogP contribution in [0.5, 0.6) is 0 Å². The van der Waals surface area contributed by atoms with Crippen LogP contribution < -0.4 is 0 Å². The Balaban J connectivity index is 2.35. The minimum Gasteiger partial charge on any atom is -0.359 e. The molecule has 3 aliphatic rings. The number of carbonyl (C=O) groups is 1. The highest BCUT2D eigenvalue weighted by molar-refractivity contribution is 5.92. The van der Waals surface area contributed by atoms with Crippen molar-refractivity contribution in [1.29, 1.82) is 0 Å². The number of methoxy groups -OCH3 is 1. The molecule has 0 amide bonds. The van der Waals surface area contributed by atoms with Crippen molar-refractivity contribution < 1.29 is 14.3 Å².